The fourth-order valence-electron chi connectivity index (χ4n) is 3.21. The Hall–Kier alpha value is -2.81. The van der Waals surface area contributed by atoms with Gasteiger partial charge in [0.15, 0.2) is 0 Å². The van der Waals surface area contributed by atoms with Crippen molar-refractivity contribution < 1.29 is 4.79 Å². The highest BCUT2D eigenvalue weighted by Crippen LogP contribution is 2.37. The maximum atomic E-state index is 12.8. The van der Waals surface area contributed by atoms with Crippen molar-refractivity contribution in [3.8, 4) is 6.07 Å². The van der Waals surface area contributed by atoms with Gasteiger partial charge in [-0.3, -0.25) is 9.48 Å². The van der Waals surface area contributed by atoms with Crippen LogP contribution >= 0.6 is 0 Å². The normalized spacial score (nSPS) is 16.2. The van der Waals surface area contributed by atoms with Gasteiger partial charge < -0.3 is 9.80 Å². The summed E-state index contributed by atoms with van der Waals surface area (Å²) in [6.45, 7) is 4.31. The average molecular weight is 323 g/mol. The summed E-state index contributed by atoms with van der Waals surface area (Å²) in [5.74, 6) is -0.0930. The van der Waals surface area contributed by atoms with Gasteiger partial charge in [0, 0.05) is 49.2 Å². The first-order valence-corrected chi connectivity index (χ1v) is 7.86. The molecule has 1 atom stereocenters. The summed E-state index contributed by atoms with van der Waals surface area (Å²) in [7, 11) is 5.78. The van der Waals surface area contributed by atoms with Gasteiger partial charge in [0.2, 0.25) is 0 Å². The van der Waals surface area contributed by atoms with E-state index < -0.39 is 6.04 Å². The van der Waals surface area contributed by atoms with E-state index in [-0.39, 0.29) is 5.91 Å². The molecule has 1 unspecified atom stereocenters. The fourth-order valence-corrected chi connectivity index (χ4v) is 3.21. The van der Waals surface area contributed by atoms with Crippen molar-refractivity contribution in [1.82, 2.24) is 14.7 Å². The van der Waals surface area contributed by atoms with Crippen LogP contribution in [0.1, 0.15) is 38.9 Å². The molecule has 1 amide bonds. The van der Waals surface area contributed by atoms with Crippen molar-refractivity contribution >= 4 is 11.6 Å². The molecule has 0 bridgehead atoms. The second-order valence-corrected chi connectivity index (χ2v) is 6.40. The number of rotatable bonds is 3. The smallest absolute Gasteiger partial charge is 0.255 e. The van der Waals surface area contributed by atoms with Crippen LogP contribution in [-0.4, -0.2) is 34.7 Å². The molecule has 2 aromatic rings. The summed E-state index contributed by atoms with van der Waals surface area (Å²) in [5, 5.41) is 14.1. The maximum Gasteiger partial charge on any atom is 0.255 e. The SMILES string of the molecule is Cc1nn(C)c(C)c1CN1C(=O)c2ccc(N(C)C)cc2C1C#N. The van der Waals surface area contributed by atoms with Gasteiger partial charge in [-0.15, -0.1) is 0 Å². The zero-order valence-electron chi connectivity index (χ0n) is 14.7. The van der Waals surface area contributed by atoms with Crippen molar-refractivity contribution in [2.45, 2.75) is 26.4 Å². The predicted molar refractivity (Wildman–Crippen MR) is 91.7 cm³/mol. The zero-order chi connectivity index (χ0) is 17.6. The number of hydrogen-bond donors (Lipinski definition) is 0. The van der Waals surface area contributed by atoms with E-state index in [1.54, 1.807) is 4.90 Å². The monoisotopic (exact) mass is 323 g/mol. The van der Waals surface area contributed by atoms with Crippen LogP contribution in [0.25, 0.3) is 0 Å². The predicted octanol–water partition coefficient (Wildman–Crippen LogP) is 2.32. The van der Waals surface area contributed by atoms with Gasteiger partial charge in [0.1, 0.15) is 6.04 Å². The molecule has 0 radical (unpaired) electrons. The number of aryl methyl sites for hydroxylation is 2. The van der Waals surface area contributed by atoms with Crippen LogP contribution in [0.3, 0.4) is 0 Å². The van der Waals surface area contributed by atoms with E-state index in [1.165, 1.54) is 0 Å². The van der Waals surface area contributed by atoms with Crippen molar-refractivity contribution in [2.24, 2.45) is 7.05 Å². The molecule has 0 fully saturated rings. The first-order chi connectivity index (χ1) is 11.3. The van der Waals surface area contributed by atoms with E-state index in [2.05, 4.69) is 11.2 Å². The van der Waals surface area contributed by atoms with E-state index >= 15 is 0 Å². The second-order valence-electron chi connectivity index (χ2n) is 6.40. The summed E-state index contributed by atoms with van der Waals surface area (Å²) >= 11 is 0. The summed E-state index contributed by atoms with van der Waals surface area (Å²) in [6, 6.07) is 7.39. The molecule has 2 heterocycles. The zero-order valence-corrected chi connectivity index (χ0v) is 14.7. The molecule has 6 heteroatoms. The Balaban J connectivity index is 2.01. The number of carbonyl (C=O) groups is 1. The van der Waals surface area contributed by atoms with Gasteiger partial charge in [0.25, 0.3) is 5.91 Å². The molecule has 3 rings (SSSR count). The third-order valence-corrected chi connectivity index (χ3v) is 4.76. The van der Waals surface area contributed by atoms with Crippen molar-refractivity contribution in [2.75, 3.05) is 19.0 Å². The number of anilines is 1. The van der Waals surface area contributed by atoms with E-state index in [0.29, 0.717) is 12.1 Å². The Bertz CT molecular complexity index is 859. The molecule has 124 valence electrons. The number of nitrogens with zero attached hydrogens (tertiary/aromatic N) is 5. The number of carbonyl (C=O) groups excluding carboxylic acids is 1. The van der Waals surface area contributed by atoms with Gasteiger partial charge in [-0.05, 0) is 32.0 Å². The standard InChI is InChI=1S/C18H21N5O/c1-11-16(12(2)22(5)20-11)10-23-17(9-19)15-8-13(21(3)4)6-7-14(15)18(23)24/h6-8,17H,10H2,1-5H3. The van der Waals surface area contributed by atoms with Crippen LogP contribution in [0.4, 0.5) is 5.69 Å². The lowest BCUT2D eigenvalue weighted by Crippen LogP contribution is -2.27. The largest absolute Gasteiger partial charge is 0.378 e. The first kappa shape index (κ1) is 16.1. The van der Waals surface area contributed by atoms with Crippen LogP contribution in [0.5, 0.6) is 0 Å². The summed E-state index contributed by atoms with van der Waals surface area (Å²) in [4.78, 5) is 16.4. The van der Waals surface area contributed by atoms with Crippen molar-refractivity contribution in [3.63, 3.8) is 0 Å². The van der Waals surface area contributed by atoms with Crippen LogP contribution in [0.15, 0.2) is 18.2 Å². The highest BCUT2D eigenvalue weighted by Gasteiger charge is 2.37. The lowest BCUT2D eigenvalue weighted by atomic mass is 10.0. The van der Waals surface area contributed by atoms with E-state index in [0.717, 1.165) is 28.2 Å². The quantitative estimate of drug-likeness (QED) is 0.869. The number of fused-ring (bicyclic) bond motifs is 1. The first-order valence-electron chi connectivity index (χ1n) is 7.86. The molecule has 1 aliphatic heterocycles. The number of amides is 1. The Labute approximate surface area is 141 Å². The van der Waals surface area contributed by atoms with Crippen LogP contribution in [0.2, 0.25) is 0 Å². The highest BCUT2D eigenvalue weighted by atomic mass is 16.2. The number of nitriles is 1. The molecule has 1 aliphatic rings. The summed E-state index contributed by atoms with van der Waals surface area (Å²) in [6.07, 6.45) is 0. The van der Waals surface area contributed by atoms with Gasteiger partial charge in [-0.2, -0.15) is 10.4 Å². The minimum atomic E-state index is -0.564. The van der Waals surface area contributed by atoms with E-state index in [1.807, 2.05) is 62.8 Å². The number of aromatic nitrogens is 2. The molecule has 0 saturated heterocycles. The molecule has 24 heavy (non-hydrogen) atoms. The van der Waals surface area contributed by atoms with Crippen LogP contribution < -0.4 is 4.90 Å². The van der Waals surface area contributed by atoms with Crippen molar-refractivity contribution in [3.05, 3.63) is 46.3 Å². The minimum Gasteiger partial charge on any atom is -0.378 e. The lowest BCUT2D eigenvalue weighted by Gasteiger charge is -2.20. The average Bonchev–Trinajstić information content (AvgIpc) is 2.95. The minimum absolute atomic E-state index is 0.0930. The summed E-state index contributed by atoms with van der Waals surface area (Å²) < 4.78 is 1.81. The lowest BCUT2D eigenvalue weighted by molar-refractivity contribution is 0.0744. The van der Waals surface area contributed by atoms with Crippen LogP contribution in [-0.2, 0) is 13.6 Å². The van der Waals surface area contributed by atoms with Crippen LogP contribution in [0, 0.1) is 25.2 Å². The Morgan fingerprint density at radius 3 is 2.58 bits per heavy atom. The molecule has 0 aliphatic carbocycles. The van der Waals surface area contributed by atoms with Gasteiger partial charge >= 0.3 is 0 Å². The molecular formula is C18H21N5O. The molecule has 0 N–H and O–H groups in total. The molecule has 1 aromatic heterocycles. The Morgan fingerprint density at radius 2 is 2.04 bits per heavy atom. The third kappa shape index (κ3) is 2.33. The van der Waals surface area contributed by atoms with Gasteiger partial charge in [-0.25, -0.2) is 0 Å². The van der Waals surface area contributed by atoms with Gasteiger partial charge in [0.05, 0.1) is 18.3 Å². The third-order valence-electron chi connectivity index (χ3n) is 4.76. The number of hydrogen-bond acceptors (Lipinski definition) is 4. The Kier molecular flexibility index (Phi) is 3.80. The summed E-state index contributed by atoms with van der Waals surface area (Å²) in [5.41, 5.74) is 5.30. The molecule has 6 nitrogen and oxygen atoms in total. The highest BCUT2D eigenvalue weighted by molar-refractivity contribution is 6.00. The topological polar surface area (TPSA) is 65.2 Å². The molecule has 0 spiro atoms. The maximum absolute atomic E-state index is 12.8. The molecular weight excluding hydrogens is 302 g/mol. The molecule has 0 saturated carbocycles. The fraction of sp³-hybridized carbons (Fsp3) is 0.389. The second kappa shape index (κ2) is 5.68. The van der Waals surface area contributed by atoms with E-state index in [9.17, 15) is 10.1 Å². The number of benzene rings is 1. The van der Waals surface area contributed by atoms with Gasteiger partial charge in [-0.1, -0.05) is 0 Å². The van der Waals surface area contributed by atoms with Crippen molar-refractivity contribution in [1.29, 1.82) is 5.26 Å². The Morgan fingerprint density at radius 1 is 1.33 bits per heavy atom. The van der Waals surface area contributed by atoms with E-state index in [4.69, 9.17) is 0 Å². The molecule has 1 aromatic carbocycles.